The van der Waals surface area contributed by atoms with Gasteiger partial charge < -0.3 is 19.6 Å². The number of rotatable bonds is 9. The minimum absolute atomic E-state index is 0.168. The van der Waals surface area contributed by atoms with Crippen molar-refractivity contribution in [3.8, 4) is 0 Å². The van der Waals surface area contributed by atoms with E-state index in [4.69, 9.17) is 31.2 Å². The highest BCUT2D eigenvalue weighted by Gasteiger charge is 2.40. The van der Waals surface area contributed by atoms with E-state index in [-0.39, 0.29) is 18.4 Å². The van der Waals surface area contributed by atoms with Crippen molar-refractivity contribution in [1.82, 2.24) is 0 Å². The van der Waals surface area contributed by atoms with Crippen molar-refractivity contribution in [2.45, 2.75) is 25.1 Å². The fourth-order valence-corrected chi connectivity index (χ4v) is 3.92. The van der Waals surface area contributed by atoms with Gasteiger partial charge in [0.1, 0.15) is 0 Å². The number of alkyl halides is 1. The molecule has 10 nitrogen and oxygen atoms in total. The molecule has 14 heteroatoms. The molecule has 3 atom stereocenters. The molecule has 0 aliphatic carbocycles. The van der Waals surface area contributed by atoms with E-state index in [0.717, 1.165) is 0 Å². The molecule has 4 N–H and O–H groups in total. The molecule has 0 spiro atoms. The molecule has 0 aliphatic heterocycles. The van der Waals surface area contributed by atoms with Gasteiger partial charge in [0, 0.05) is 5.38 Å². The second-order valence-electron chi connectivity index (χ2n) is 3.22. The van der Waals surface area contributed by atoms with Crippen molar-refractivity contribution < 1.29 is 46.4 Å². The number of phosphoric acid groups is 3. The van der Waals surface area contributed by atoms with Crippen LogP contribution in [0, 0.1) is 0 Å². The summed E-state index contributed by atoms with van der Waals surface area (Å²) in [6.45, 7) is 1.41. The van der Waals surface area contributed by atoms with Gasteiger partial charge in [-0.2, -0.15) is 8.62 Å². The van der Waals surface area contributed by atoms with Crippen LogP contribution in [0.4, 0.5) is 0 Å². The van der Waals surface area contributed by atoms with Crippen LogP contribution in [0.15, 0.2) is 0 Å². The molecule has 0 aromatic heterocycles. The normalized spacial score (nSPS) is 20.5. The second kappa shape index (κ2) is 7.64. The second-order valence-corrected chi connectivity index (χ2v) is 8.26. The first-order valence-electron chi connectivity index (χ1n) is 4.79. The van der Waals surface area contributed by atoms with E-state index in [9.17, 15) is 13.7 Å². The molecular weight excluding hydrogens is 348 g/mol. The molecular formula is C5H14ClO10P3. The molecule has 116 valence electrons. The van der Waals surface area contributed by atoms with Gasteiger partial charge in [0.2, 0.25) is 0 Å². The maximum absolute atomic E-state index is 11.2. The van der Waals surface area contributed by atoms with Crippen molar-refractivity contribution in [3.05, 3.63) is 0 Å². The van der Waals surface area contributed by atoms with E-state index < -0.39 is 23.5 Å². The van der Waals surface area contributed by atoms with Gasteiger partial charge in [-0.25, -0.2) is 13.7 Å². The Bertz CT molecular complexity index is 419. The predicted octanol–water partition coefficient (Wildman–Crippen LogP) is 1.74. The van der Waals surface area contributed by atoms with Gasteiger partial charge in [-0.15, -0.1) is 11.6 Å². The van der Waals surface area contributed by atoms with Crippen molar-refractivity contribution >= 4 is 35.1 Å². The van der Waals surface area contributed by atoms with Crippen molar-refractivity contribution in [1.29, 1.82) is 0 Å². The van der Waals surface area contributed by atoms with Gasteiger partial charge >= 0.3 is 23.5 Å². The van der Waals surface area contributed by atoms with Crippen LogP contribution in [0.3, 0.4) is 0 Å². The molecule has 3 unspecified atom stereocenters. The predicted molar refractivity (Wildman–Crippen MR) is 64.4 cm³/mol. The highest BCUT2D eigenvalue weighted by Crippen LogP contribution is 2.66. The summed E-state index contributed by atoms with van der Waals surface area (Å²) >= 11 is 5.69. The number of hydrogen-bond donors (Lipinski definition) is 4. The molecule has 0 saturated carbocycles. The highest BCUT2D eigenvalue weighted by molar-refractivity contribution is 7.66. The topological polar surface area (TPSA) is 160 Å². The van der Waals surface area contributed by atoms with Crippen LogP contribution in [0.5, 0.6) is 0 Å². The molecule has 0 rings (SSSR count). The van der Waals surface area contributed by atoms with Gasteiger partial charge in [-0.3, -0.25) is 4.52 Å². The fourth-order valence-electron chi connectivity index (χ4n) is 0.803. The molecule has 19 heavy (non-hydrogen) atoms. The summed E-state index contributed by atoms with van der Waals surface area (Å²) in [5.41, 5.74) is 0. The summed E-state index contributed by atoms with van der Waals surface area (Å²) in [5.74, 6) is 0. The largest absolute Gasteiger partial charge is 0.490 e. The first kappa shape index (κ1) is 19.7. The van der Waals surface area contributed by atoms with E-state index in [1.807, 2.05) is 0 Å². The van der Waals surface area contributed by atoms with Crippen molar-refractivity contribution in [3.63, 3.8) is 0 Å². The van der Waals surface area contributed by atoms with Gasteiger partial charge in [-0.1, -0.05) is 6.92 Å². The Kier molecular flexibility index (Phi) is 7.92. The fraction of sp³-hybridized carbons (Fsp3) is 1.00. The average molecular weight is 363 g/mol. The Morgan fingerprint density at radius 2 is 1.58 bits per heavy atom. The lowest BCUT2D eigenvalue weighted by molar-refractivity contribution is 0.170. The Morgan fingerprint density at radius 3 is 2.00 bits per heavy atom. The third-order valence-electron chi connectivity index (χ3n) is 1.54. The summed E-state index contributed by atoms with van der Waals surface area (Å²) in [7, 11) is -15.8. The van der Waals surface area contributed by atoms with Crippen molar-refractivity contribution in [2.75, 3.05) is 6.61 Å². The van der Waals surface area contributed by atoms with Crippen LogP contribution in [-0.2, 0) is 26.8 Å². The molecule has 0 fully saturated rings. The van der Waals surface area contributed by atoms with Crippen LogP contribution >= 0.6 is 35.1 Å². The zero-order chi connectivity index (χ0) is 15.3. The summed E-state index contributed by atoms with van der Waals surface area (Å²) < 4.78 is 43.8. The quantitative estimate of drug-likeness (QED) is 0.351. The lowest BCUT2D eigenvalue weighted by Gasteiger charge is -2.16. The molecule has 0 radical (unpaired) electrons. The minimum atomic E-state index is -5.44. The molecule has 0 amide bonds. The third-order valence-corrected chi connectivity index (χ3v) is 5.91. The van der Waals surface area contributed by atoms with E-state index in [0.29, 0.717) is 6.42 Å². The molecule has 0 saturated heterocycles. The maximum atomic E-state index is 11.2. The molecule has 0 aliphatic rings. The van der Waals surface area contributed by atoms with Crippen LogP contribution in [0.2, 0.25) is 0 Å². The lowest BCUT2D eigenvalue weighted by Crippen LogP contribution is -2.03. The number of halogens is 1. The number of hydrogen-bond acceptors (Lipinski definition) is 6. The third kappa shape index (κ3) is 11.1. The lowest BCUT2D eigenvalue weighted by atomic mass is 10.3. The molecule has 0 aromatic carbocycles. The van der Waals surface area contributed by atoms with Gasteiger partial charge in [0.15, 0.2) is 0 Å². The zero-order valence-electron chi connectivity index (χ0n) is 9.66. The molecule has 0 bridgehead atoms. The maximum Gasteiger partial charge on any atom is 0.490 e. The van der Waals surface area contributed by atoms with Crippen LogP contribution in [-0.4, -0.2) is 31.6 Å². The van der Waals surface area contributed by atoms with E-state index in [2.05, 4.69) is 13.1 Å². The van der Waals surface area contributed by atoms with Crippen LogP contribution < -0.4 is 0 Å². The van der Waals surface area contributed by atoms with E-state index in [1.165, 1.54) is 0 Å². The van der Waals surface area contributed by atoms with Gasteiger partial charge in [-0.05, 0) is 12.8 Å². The summed E-state index contributed by atoms with van der Waals surface area (Å²) in [6, 6.07) is 0. The van der Waals surface area contributed by atoms with Gasteiger partial charge in [0.25, 0.3) is 0 Å². The summed E-state index contributed by atoms with van der Waals surface area (Å²) in [5, 5.41) is -0.327. The Labute approximate surface area is 114 Å². The SMILES string of the molecule is CCC(Cl)CCOP(=O)(O)OP(=O)(O)OP(=O)(O)O. The van der Waals surface area contributed by atoms with Crippen LogP contribution in [0.25, 0.3) is 0 Å². The Hall–Kier alpha value is 0.700. The first-order chi connectivity index (χ1) is 8.37. The van der Waals surface area contributed by atoms with Crippen molar-refractivity contribution in [2.24, 2.45) is 0 Å². The van der Waals surface area contributed by atoms with Crippen LogP contribution in [0.1, 0.15) is 19.8 Å². The number of phosphoric ester groups is 1. The Balaban J connectivity index is 4.40. The van der Waals surface area contributed by atoms with E-state index >= 15 is 0 Å². The standard InChI is InChI=1S/C5H14ClO10P3/c1-2-5(6)3-4-14-18(10,11)16-19(12,13)15-17(7,8)9/h5H,2-4H2,1H3,(H,10,11)(H,12,13)(H2,7,8,9). The summed E-state index contributed by atoms with van der Waals surface area (Å²) in [6.07, 6.45) is 0.738. The van der Waals surface area contributed by atoms with E-state index in [1.54, 1.807) is 6.92 Å². The average Bonchev–Trinajstić information content (AvgIpc) is 2.10. The molecule has 0 aromatic rings. The zero-order valence-corrected chi connectivity index (χ0v) is 13.1. The highest BCUT2D eigenvalue weighted by atomic mass is 35.5. The summed E-state index contributed by atoms with van der Waals surface area (Å²) in [4.78, 5) is 34.4. The first-order valence-corrected chi connectivity index (χ1v) is 9.75. The Morgan fingerprint density at radius 1 is 1.05 bits per heavy atom. The van der Waals surface area contributed by atoms with Gasteiger partial charge in [0.05, 0.1) is 6.61 Å². The minimum Gasteiger partial charge on any atom is -0.302 e. The smallest absolute Gasteiger partial charge is 0.302 e. The monoisotopic (exact) mass is 362 g/mol. The molecule has 0 heterocycles.